The second kappa shape index (κ2) is 9.85. The molecule has 0 saturated carbocycles. The first-order valence-corrected chi connectivity index (χ1v) is 9.95. The van der Waals surface area contributed by atoms with Gasteiger partial charge in [-0.15, -0.1) is 0 Å². The van der Waals surface area contributed by atoms with E-state index in [2.05, 4.69) is 0 Å². The fourth-order valence-corrected chi connectivity index (χ4v) is 3.68. The van der Waals surface area contributed by atoms with Crippen LogP contribution in [0.2, 0.25) is 0 Å². The van der Waals surface area contributed by atoms with Crippen LogP contribution in [0.5, 0.6) is 0 Å². The van der Waals surface area contributed by atoms with Crippen LogP contribution in [-0.4, -0.2) is 60.4 Å². The summed E-state index contributed by atoms with van der Waals surface area (Å²) in [4.78, 5) is 25.2. The number of hydrogen-bond acceptors (Lipinski definition) is 4. The number of rotatable bonds is 7. The lowest BCUT2D eigenvalue weighted by molar-refractivity contribution is -0.134. The minimum atomic E-state index is -0.933. The fourth-order valence-electron chi connectivity index (χ4n) is 3.68. The number of piperidine rings is 1. The molecule has 2 aliphatic heterocycles. The molecular weight excluding hydrogens is 346 g/mol. The van der Waals surface area contributed by atoms with E-state index in [9.17, 15) is 9.59 Å². The van der Waals surface area contributed by atoms with Gasteiger partial charge in [0.05, 0.1) is 24.4 Å². The smallest absolute Gasteiger partial charge is 0.335 e. The van der Waals surface area contributed by atoms with E-state index in [4.69, 9.17) is 14.6 Å². The van der Waals surface area contributed by atoms with Crippen molar-refractivity contribution in [2.75, 3.05) is 26.3 Å². The Morgan fingerprint density at radius 1 is 1.11 bits per heavy atom. The van der Waals surface area contributed by atoms with Crippen molar-refractivity contribution in [3.8, 4) is 0 Å². The third-order valence-corrected chi connectivity index (χ3v) is 5.41. The monoisotopic (exact) mass is 375 g/mol. The van der Waals surface area contributed by atoms with Crippen molar-refractivity contribution in [1.29, 1.82) is 0 Å². The minimum Gasteiger partial charge on any atom is -0.478 e. The quantitative estimate of drug-likeness (QED) is 0.793. The van der Waals surface area contributed by atoms with Gasteiger partial charge >= 0.3 is 5.97 Å². The van der Waals surface area contributed by atoms with Crippen LogP contribution in [0, 0.1) is 0 Å². The van der Waals surface area contributed by atoms with Crippen LogP contribution in [0.15, 0.2) is 24.3 Å². The molecule has 0 aliphatic carbocycles. The first-order chi connectivity index (χ1) is 13.1. The Kier molecular flexibility index (Phi) is 7.24. The zero-order valence-electron chi connectivity index (χ0n) is 15.8. The van der Waals surface area contributed by atoms with Crippen molar-refractivity contribution in [1.82, 2.24) is 4.90 Å². The van der Waals surface area contributed by atoms with E-state index in [0.717, 1.165) is 50.9 Å². The number of aromatic carboxylic acids is 1. The summed E-state index contributed by atoms with van der Waals surface area (Å²) in [6, 6.07) is 6.73. The Balaban J connectivity index is 1.34. The van der Waals surface area contributed by atoms with Crippen molar-refractivity contribution in [2.24, 2.45) is 0 Å². The summed E-state index contributed by atoms with van der Waals surface area (Å²) in [6.07, 6.45) is 6.78. The average molecular weight is 375 g/mol. The van der Waals surface area contributed by atoms with Crippen LogP contribution in [0.4, 0.5) is 0 Å². The summed E-state index contributed by atoms with van der Waals surface area (Å²) in [5, 5.41) is 8.92. The Morgan fingerprint density at radius 2 is 1.85 bits per heavy atom. The molecule has 6 heteroatoms. The van der Waals surface area contributed by atoms with Crippen LogP contribution in [0.25, 0.3) is 0 Å². The predicted molar refractivity (Wildman–Crippen MR) is 101 cm³/mol. The average Bonchev–Trinajstić information content (AvgIpc) is 2.72. The topological polar surface area (TPSA) is 76.1 Å². The van der Waals surface area contributed by atoms with Crippen molar-refractivity contribution in [3.05, 3.63) is 35.4 Å². The molecule has 2 saturated heterocycles. The molecule has 6 nitrogen and oxygen atoms in total. The number of carbonyl (C=O) groups is 2. The van der Waals surface area contributed by atoms with Crippen LogP contribution in [-0.2, 0) is 20.7 Å². The predicted octanol–water partition coefficient (Wildman–Crippen LogP) is 2.89. The molecule has 2 heterocycles. The van der Waals surface area contributed by atoms with Crippen LogP contribution in [0.1, 0.15) is 54.4 Å². The standard InChI is InChI=1S/C21H29NO5/c23-20(9-6-16-4-7-17(8-5-16)21(24)25)22-12-10-18(11-13-22)27-15-19-3-1-2-14-26-19/h4-5,7-8,18-19H,1-3,6,9-15H2,(H,24,25). The Hall–Kier alpha value is -1.92. The first-order valence-electron chi connectivity index (χ1n) is 9.95. The van der Waals surface area contributed by atoms with Gasteiger partial charge in [0.25, 0.3) is 0 Å². The zero-order chi connectivity index (χ0) is 19.1. The van der Waals surface area contributed by atoms with E-state index >= 15 is 0 Å². The summed E-state index contributed by atoms with van der Waals surface area (Å²) in [5.41, 5.74) is 1.25. The summed E-state index contributed by atoms with van der Waals surface area (Å²) in [6.45, 7) is 3.00. The summed E-state index contributed by atoms with van der Waals surface area (Å²) >= 11 is 0. The Morgan fingerprint density at radius 3 is 2.48 bits per heavy atom. The molecule has 0 aromatic heterocycles. The van der Waals surface area contributed by atoms with Gasteiger partial charge in [0, 0.05) is 26.1 Å². The largest absolute Gasteiger partial charge is 0.478 e. The number of benzene rings is 1. The highest BCUT2D eigenvalue weighted by molar-refractivity contribution is 5.87. The van der Waals surface area contributed by atoms with Gasteiger partial charge in [-0.2, -0.15) is 0 Å². The van der Waals surface area contributed by atoms with Gasteiger partial charge in [-0.3, -0.25) is 4.79 Å². The minimum absolute atomic E-state index is 0.159. The highest BCUT2D eigenvalue weighted by Gasteiger charge is 2.24. The molecule has 1 N–H and O–H groups in total. The molecule has 27 heavy (non-hydrogen) atoms. The molecule has 148 valence electrons. The number of amides is 1. The summed E-state index contributed by atoms with van der Waals surface area (Å²) < 4.78 is 11.7. The van der Waals surface area contributed by atoms with Gasteiger partial charge in [-0.25, -0.2) is 4.79 Å². The van der Waals surface area contributed by atoms with Gasteiger partial charge in [0.1, 0.15) is 0 Å². The number of aryl methyl sites for hydroxylation is 1. The third-order valence-electron chi connectivity index (χ3n) is 5.41. The van der Waals surface area contributed by atoms with Crippen molar-refractivity contribution in [3.63, 3.8) is 0 Å². The number of nitrogens with zero attached hydrogens (tertiary/aromatic N) is 1. The Labute approximate surface area is 160 Å². The van der Waals surface area contributed by atoms with Gasteiger partial charge in [0.15, 0.2) is 0 Å². The molecule has 3 rings (SSSR count). The molecule has 1 aromatic carbocycles. The van der Waals surface area contributed by atoms with Gasteiger partial charge < -0.3 is 19.5 Å². The second-order valence-corrected chi connectivity index (χ2v) is 7.40. The fraction of sp³-hybridized carbons (Fsp3) is 0.619. The van der Waals surface area contributed by atoms with Crippen molar-refractivity contribution < 1.29 is 24.2 Å². The van der Waals surface area contributed by atoms with Gasteiger partial charge in [0.2, 0.25) is 5.91 Å². The highest BCUT2D eigenvalue weighted by atomic mass is 16.5. The molecular formula is C21H29NO5. The van der Waals surface area contributed by atoms with Gasteiger partial charge in [-0.1, -0.05) is 12.1 Å². The lowest BCUT2D eigenvalue weighted by Crippen LogP contribution is -2.41. The lowest BCUT2D eigenvalue weighted by Gasteiger charge is -2.33. The first kappa shape index (κ1) is 19.8. The van der Waals surface area contributed by atoms with Crippen LogP contribution < -0.4 is 0 Å². The lowest BCUT2D eigenvalue weighted by atomic mass is 10.0. The normalized spacial score (nSPS) is 21.2. The molecule has 1 aromatic rings. The van der Waals surface area contributed by atoms with Gasteiger partial charge in [-0.05, 0) is 56.2 Å². The SMILES string of the molecule is O=C(O)c1ccc(CCC(=O)N2CCC(OCC3CCCCO3)CC2)cc1. The summed E-state index contributed by atoms with van der Waals surface area (Å²) in [5.74, 6) is -0.774. The van der Waals surface area contributed by atoms with E-state index < -0.39 is 5.97 Å². The molecule has 1 atom stereocenters. The van der Waals surface area contributed by atoms with E-state index in [1.54, 1.807) is 24.3 Å². The highest BCUT2D eigenvalue weighted by Crippen LogP contribution is 2.18. The van der Waals surface area contributed by atoms with E-state index in [1.165, 1.54) is 6.42 Å². The van der Waals surface area contributed by atoms with E-state index in [0.29, 0.717) is 19.4 Å². The molecule has 0 radical (unpaired) electrons. The molecule has 0 spiro atoms. The molecule has 2 aliphatic rings. The van der Waals surface area contributed by atoms with Crippen molar-refractivity contribution >= 4 is 11.9 Å². The number of ether oxygens (including phenoxy) is 2. The number of hydrogen-bond donors (Lipinski definition) is 1. The van der Waals surface area contributed by atoms with E-state index in [-0.39, 0.29) is 23.7 Å². The van der Waals surface area contributed by atoms with Crippen molar-refractivity contribution in [2.45, 2.75) is 57.2 Å². The number of carbonyl (C=O) groups excluding carboxylic acids is 1. The zero-order valence-corrected chi connectivity index (χ0v) is 15.8. The van der Waals surface area contributed by atoms with Crippen LogP contribution in [0.3, 0.4) is 0 Å². The summed E-state index contributed by atoms with van der Waals surface area (Å²) in [7, 11) is 0. The molecule has 1 amide bonds. The number of likely N-dealkylation sites (tertiary alicyclic amines) is 1. The van der Waals surface area contributed by atoms with Crippen LogP contribution >= 0.6 is 0 Å². The Bertz CT molecular complexity index is 616. The molecule has 1 unspecified atom stereocenters. The number of carboxylic acids is 1. The molecule has 0 bridgehead atoms. The second-order valence-electron chi connectivity index (χ2n) is 7.40. The third kappa shape index (κ3) is 6.04. The number of carboxylic acid groups (broad SMARTS) is 1. The van der Waals surface area contributed by atoms with E-state index in [1.807, 2.05) is 4.90 Å². The molecule has 2 fully saturated rings. The maximum absolute atomic E-state index is 12.4. The maximum Gasteiger partial charge on any atom is 0.335 e. The maximum atomic E-state index is 12.4.